The zero-order valence-electron chi connectivity index (χ0n) is 35.1. The number of aromatic nitrogens is 1. The van der Waals surface area contributed by atoms with Crippen LogP contribution in [0.25, 0.3) is 71.0 Å². The van der Waals surface area contributed by atoms with Crippen molar-refractivity contribution in [2.45, 2.75) is 0 Å². The first-order chi connectivity index (χ1) is 31.8. The summed E-state index contributed by atoms with van der Waals surface area (Å²) in [5.74, 6) is 0. The molecule has 9 heteroatoms. The van der Waals surface area contributed by atoms with E-state index in [1.807, 2.05) is 35.2 Å². The average Bonchev–Trinajstić information content (AvgIpc) is 3.86. The van der Waals surface area contributed by atoms with Crippen LogP contribution >= 0.6 is 0 Å². The van der Waals surface area contributed by atoms with Crippen LogP contribution in [0.3, 0.4) is 0 Å². The van der Waals surface area contributed by atoms with Gasteiger partial charge < -0.3 is 18.8 Å². The maximum Gasteiger partial charge on any atom is 0.137 e. The number of benzene rings is 10. The molecule has 292 valence electrons. The third-order valence-electron chi connectivity index (χ3n) is 12.7. The average molecular weight is 817 g/mol. The lowest BCUT2D eigenvalue weighted by Crippen LogP contribution is -2.56. The molecule has 10 radical (unpaired) electrons. The highest BCUT2D eigenvalue weighted by Gasteiger charge is 2.23. The van der Waals surface area contributed by atoms with E-state index in [9.17, 15) is 0 Å². The SMILES string of the molecule is [B]c1c([B])c([B])c(N(c2ccc(N(c3ccccc3)c3ccc4c(c3)oc3cc5ccccc5cc34)cc2)c2ccc3c4cc5ccccc5cc4n(-c4ccccc4)c3c2)c([B])c1[B]. The number of hydrogen-bond donors (Lipinski definition) is 0. The Labute approximate surface area is 382 Å². The molecule has 0 aliphatic heterocycles. The van der Waals surface area contributed by atoms with E-state index in [0.29, 0.717) is 5.69 Å². The molecule has 0 bridgehead atoms. The van der Waals surface area contributed by atoms with Gasteiger partial charge >= 0.3 is 0 Å². The molecule has 0 atom stereocenters. The quantitative estimate of drug-likeness (QED) is 0.150. The van der Waals surface area contributed by atoms with E-state index in [1.165, 1.54) is 10.8 Å². The van der Waals surface area contributed by atoms with Crippen molar-refractivity contribution >= 4 is 166 Å². The second kappa shape index (κ2) is 15.2. The number of hydrogen-bond acceptors (Lipinski definition) is 3. The Morgan fingerprint density at radius 1 is 0.323 bits per heavy atom. The Balaban J connectivity index is 1.04. The maximum atomic E-state index is 6.91. The van der Waals surface area contributed by atoms with Gasteiger partial charge in [-0.2, -0.15) is 0 Å². The van der Waals surface area contributed by atoms with Gasteiger partial charge in [0.05, 0.1) is 11.0 Å². The number of rotatable bonds is 7. The molecule has 12 rings (SSSR count). The molecule has 0 unspecified atom stereocenters. The first-order valence-corrected chi connectivity index (χ1v) is 21.4. The van der Waals surface area contributed by atoms with Crippen LogP contribution < -0.4 is 37.1 Å². The predicted molar refractivity (Wildman–Crippen MR) is 279 cm³/mol. The number of nitrogens with zero attached hydrogens (tertiary/aromatic N) is 3. The minimum absolute atomic E-state index is 0.152. The standard InChI is InChI=1S/C56H32B5N3O/c57-51-52(58)54(60)56(55(61)53(51)59)63(41-23-25-43-45-27-33-11-7-9-13-35(33)29-47(45)64(48(43)31-41)38-17-5-2-6-18-38)40-21-19-39(20-22-40)62(37-15-3-1-4-16-37)42-24-26-44-46-28-34-12-8-10-14-36(34)30-49(46)65-50(44)32-42/h1-32H. The Kier molecular flexibility index (Phi) is 9.10. The van der Waals surface area contributed by atoms with Crippen molar-refractivity contribution in [2.75, 3.05) is 9.80 Å². The number of para-hydroxylation sites is 2. The lowest BCUT2D eigenvalue weighted by Gasteiger charge is -2.33. The van der Waals surface area contributed by atoms with Gasteiger partial charge in [0.15, 0.2) is 0 Å². The molecule has 65 heavy (non-hydrogen) atoms. The summed E-state index contributed by atoms with van der Waals surface area (Å²) >= 11 is 0. The van der Waals surface area contributed by atoms with E-state index in [1.54, 1.807) is 0 Å². The fourth-order valence-electron chi connectivity index (χ4n) is 9.53. The minimum Gasteiger partial charge on any atom is -0.456 e. The highest BCUT2D eigenvalue weighted by Crippen LogP contribution is 2.43. The van der Waals surface area contributed by atoms with Crippen molar-refractivity contribution in [1.29, 1.82) is 0 Å². The van der Waals surface area contributed by atoms with Gasteiger partial charge in [-0.05, 0) is 119 Å². The minimum atomic E-state index is 0.152. The van der Waals surface area contributed by atoms with Gasteiger partial charge in [0.2, 0.25) is 0 Å². The lowest BCUT2D eigenvalue weighted by atomic mass is 9.61. The van der Waals surface area contributed by atoms with Gasteiger partial charge in [-0.3, -0.25) is 0 Å². The molecule has 0 spiro atoms. The summed E-state index contributed by atoms with van der Waals surface area (Å²) in [5, 5.41) is 9.01. The third-order valence-corrected chi connectivity index (χ3v) is 12.7. The topological polar surface area (TPSA) is 24.6 Å². The predicted octanol–water partition coefficient (Wildman–Crippen LogP) is 9.90. The van der Waals surface area contributed by atoms with Crippen LogP contribution in [-0.2, 0) is 0 Å². The molecule has 2 heterocycles. The van der Waals surface area contributed by atoms with Gasteiger partial charge in [0.25, 0.3) is 0 Å². The van der Waals surface area contributed by atoms with Crippen LogP contribution in [0.2, 0.25) is 0 Å². The van der Waals surface area contributed by atoms with E-state index in [-0.39, 0.29) is 27.3 Å². The van der Waals surface area contributed by atoms with E-state index < -0.39 is 0 Å². The van der Waals surface area contributed by atoms with Crippen molar-refractivity contribution in [3.63, 3.8) is 0 Å². The number of furan rings is 1. The van der Waals surface area contributed by atoms with Gasteiger partial charge in [0, 0.05) is 67.4 Å². The molecule has 0 saturated carbocycles. The van der Waals surface area contributed by atoms with Crippen LogP contribution in [0.4, 0.5) is 34.1 Å². The van der Waals surface area contributed by atoms with Gasteiger partial charge in [0.1, 0.15) is 50.4 Å². The van der Waals surface area contributed by atoms with Crippen LogP contribution in [0.1, 0.15) is 0 Å². The number of anilines is 6. The van der Waals surface area contributed by atoms with Gasteiger partial charge in [-0.1, -0.05) is 102 Å². The van der Waals surface area contributed by atoms with E-state index in [2.05, 4.69) is 173 Å². The molecule has 10 aromatic carbocycles. The Hall–Kier alpha value is -7.76. The van der Waals surface area contributed by atoms with Crippen molar-refractivity contribution < 1.29 is 4.42 Å². The largest absolute Gasteiger partial charge is 0.456 e. The first-order valence-electron chi connectivity index (χ1n) is 21.4. The smallest absolute Gasteiger partial charge is 0.137 e. The van der Waals surface area contributed by atoms with Crippen molar-refractivity contribution in [2.24, 2.45) is 0 Å². The zero-order chi connectivity index (χ0) is 43.9. The molecule has 12 aromatic rings. The third kappa shape index (κ3) is 6.29. The molecule has 2 aromatic heterocycles. The second-order valence-corrected chi connectivity index (χ2v) is 16.5. The Bertz CT molecular complexity index is 3820. The molecule has 0 aliphatic rings. The Morgan fingerprint density at radius 3 is 1.42 bits per heavy atom. The van der Waals surface area contributed by atoms with Crippen molar-refractivity contribution in [3.05, 3.63) is 194 Å². The van der Waals surface area contributed by atoms with E-state index in [0.717, 1.165) is 88.6 Å². The maximum absolute atomic E-state index is 6.91. The summed E-state index contributed by atoms with van der Waals surface area (Å²) in [6.45, 7) is 0. The highest BCUT2D eigenvalue weighted by molar-refractivity contribution is 6.69. The molecule has 0 N–H and O–H groups in total. The summed E-state index contributed by atoms with van der Waals surface area (Å²) in [6, 6.07) is 67.5. The van der Waals surface area contributed by atoms with E-state index in [4.69, 9.17) is 43.6 Å². The second-order valence-electron chi connectivity index (χ2n) is 16.5. The molecule has 0 fully saturated rings. The molecule has 0 amide bonds. The van der Waals surface area contributed by atoms with Gasteiger partial charge in [-0.25, -0.2) is 0 Å². The van der Waals surface area contributed by atoms with E-state index >= 15 is 0 Å². The Morgan fingerprint density at radius 2 is 0.769 bits per heavy atom. The van der Waals surface area contributed by atoms with Crippen molar-refractivity contribution in [3.8, 4) is 5.69 Å². The first kappa shape index (κ1) is 38.9. The van der Waals surface area contributed by atoms with Crippen LogP contribution in [0, 0.1) is 0 Å². The molecular formula is C56H32B5N3O. The fourth-order valence-corrected chi connectivity index (χ4v) is 9.53. The fraction of sp³-hybridized carbons (Fsp3) is 0. The zero-order valence-corrected chi connectivity index (χ0v) is 35.1. The van der Waals surface area contributed by atoms with Crippen LogP contribution in [0.15, 0.2) is 199 Å². The summed E-state index contributed by atoms with van der Waals surface area (Å²) in [4.78, 5) is 4.23. The molecule has 4 nitrogen and oxygen atoms in total. The summed E-state index contributed by atoms with van der Waals surface area (Å²) < 4.78 is 8.84. The lowest BCUT2D eigenvalue weighted by molar-refractivity contribution is 0.669. The van der Waals surface area contributed by atoms with Crippen LogP contribution in [0.5, 0.6) is 0 Å². The summed E-state index contributed by atoms with van der Waals surface area (Å²) in [6.07, 6.45) is 0. The summed E-state index contributed by atoms with van der Waals surface area (Å²) in [7, 11) is 33.4. The van der Waals surface area contributed by atoms with Crippen LogP contribution in [-0.4, -0.2) is 43.8 Å². The molecule has 0 saturated heterocycles. The molecule has 0 aliphatic carbocycles. The monoisotopic (exact) mass is 817 g/mol. The molecular weight excluding hydrogens is 785 g/mol. The normalized spacial score (nSPS) is 11.7. The van der Waals surface area contributed by atoms with Gasteiger partial charge in [-0.15, -0.1) is 16.4 Å². The van der Waals surface area contributed by atoms with Crippen molar-refractivity contribution in [1.82, 2.24) is 4.57 Å². The number of fused-ring (bicyclic) bond motifs is 8. The highest BCUT2D eigenvalue weighted by atomic mass is 16.3. The summed E-state index contributed by atoms with van der Waals surface area (Å²) in [5.41, 5.74) is 10.6.